The van der Waals surface area contributed by atoms with Gasteiger partial charge >= 0.3 is 0 Å². The fraction of sp³-hybridized carbons (Fsp3) is 0.200. The average molecular weight is 205 g/mol. The fourth-order valence-electron chi connectivity index (χ4n) is 1.35. The van der Waals surface area contributed by atoms with Gasteiger partial charge in [0.05, 0.1) is 18.4 Å². The van der Waals surface area contributed by atoms with E-state index in [1.165, 1.54) is 11.2 Å². The molecule has 0 atom stereocenters. The molecule has 0 aliphatic carbocycles. The van der Waals surface area contributed by atoms with E-state index in [9.17, 15) is 4.79 Å². The molecular weight excluding hydrogens is 194 g/mol. The molecule has 1 aliphatic rings. The van der Waals surface area contributed by atoms with Crippen molar-refractivity contribution in [3.8, 4) is 5.75 Å². The highest BCUT2D eigenvalue weighted by Gasteiger charge is 2.17. The second-order valence-electron chi connectivity index (χ2n) is 3.18. The predicted octanol–water partition coefficient (Wildman–Crippen LogP) is 1.14. The van der Waals surface area contributed by atoms with Crippen molar-refractivity contribution < 1.29 is 9.53 Å². The van der Waals surface area contributed by atoms with E-state index in [0.717, 1.165) is 0 Å². The largest absolute Gasteiger partial charge is 0.497 e. The van der Waals surface area contributed by atoms with E-state index in [1.54, 1.807) is 32.4 Å². The van der Waals surface area contributed by atoms with Crippen molar-refractivity contribution in [2.45, 2.75) is 0 Å². The van der Waals surface area contributed by atoms with Crippen LogP contribution in [0.2, 0.25) is 0 Å². The number of rotatable bonds is 1. The number of hydrogen-bond donors (Lipinski definition) is 1. The van der Waals surface area contributed by atoms with Crippen LogP contribution in [-0.4, -0.2) is 31.3 Å². The van der Waals surface area contributed by atoms with E-state index >= 15 is 0 Å². The van der Waals surface area contributed by atoms with Crippen molar-refractivity contribution >= 4 is 17.9 Å². The van der Waals surface area contributed by atoms with E-state index in [2.05, 4.69) is 10.5 Å². The number of hydrazone groups is 1. The summed E-state index contributed by atoms with van der Waals surface area (Å²) in [5, 5.41) is 3.89. The topological polar surface area (TPSA) is 53.9 Å². The minimum absolute atomic E-state index is 0.113. The van der Waals surface area contributed by atoms with Crippen LogP contribution in [0.4, 0.5) is 5.69 Å². The van der Waals surface area contributed by atoms with Gasteiger partial charge in [0.2, 0.25) is 0 Å². The Bertz CT molecular complexity index is 429. The Morgan fingerprint density at radius 2 is 2.27 bits per heavy atom. The Morgan fingerprint density at radius 3 is 3.00 bits per heavy atom. The van der Waals surface area contributed by atoms with Crippen molar-refractivity contribution in [2.24, 2.45) is 5.10 Å². The number of carbonyl (C=O) groups excluding carboxylic acids is 1. The van der Waals surface area contributed by atoms with Crippen molar-refractivity contribution in [3.63, 3.8) is 0 Å². The molecule has 0 saturated carbocycles. The van der Waals surface area contributed by atoms with Gasteiger partial charge in [-0.2, -0.15) is 5.10 Å². The molecule has 0 aromatic heterocycles. The summed E-state index contributed by atoms with van der Waals surface area (Å²) in [5.41, 5.74) is 4.02. The van der Waals surface area contributed by atoms with Gasteiger partial charge in [-0.15, -0.1) is 0 Å². The summed E-state index contributed by atoms with van der Waals surface area (Å²) in [6.07, 6.45) is 1.44. The molecule has 0 fully saturated rings. The van der Waals surface area contributed by atoms with Crippen molar-refractivity contribution in [1.29, 1.82) is 0 Å². The summed E-state index contributed by atoms with van der Waals surface area (Å²) in [5.74, 6) is 0.539. The maximum atomic E-state index is 11.8. The normalized spacial score (nSPS) is 14.3. The van der Waals surface area contributed by atoms with Crippen LogP contribution in [0.25, 0.3) is 0 Å². The Balaban J connectivity index is 2.50. The second-order valence-corrected chi connectivity index (χ2v) is 3.18. The van der Waals surface area contributed by atoms with Gasteiger partial charge in [-0.3, -0.25) is 10.2 Å². The quantitative estimate of drug-likeness (QED) is 0.747. The summed E-state index contributed by atoms with van der Waals surface area (Å²) >= 11 is 0. The average Bonchev–Trinajstić information content (AvgIpc) is 2.40. The van der Waals surface area contributed by atoms with Crippen LogP contribution < -0.4 is 10.2 Å². The molecule has 0 unspecified atom stereocenters. The van der Waals surface area contributed by atoms with Gasteiger partial charge in [0, 0.05) is 7.05 Å². The fourth-order valence-corrected chi connectivity index (χ4v) is 1.35. The molecule has 1 aliphatic heterocycles. The van der Waals surface area contributed by atoms with Gasteiger partial charge in [0.15, 0.2) is 0 Å². The lowest BCUT2D eigenvalue weighted by Crippen LogP contribution is -2.23. The summed E-state index contributed by atoms with van der Waals surface area (Å²) in [6, 6.07) is 5.23. The first kappa shape index (κ1) is 9.51. The van der Waals surface area contributed by atoms with Crippen LogP contribution in [0.15, 0.2) is 23.3 Å². The molecule has 15 heavy (non-hydrogen) atoms. The molecule has 1 heterocycles. The van der Waals surface area contributed by atoms with E-state index in [4.69, 9.17) is 4.74 Å². The van der Waals surface area contributed by atoms with E-state index in [1.807, 2.05) is 0 Å². The monoisotopic (exact) mass is 205 g/mol. The molecule has 5 heteroatoms. The van der Waals surface area contributed by atoms with E-state index in [-0.39, 0.29) is 5.91 Å². The molecule has 1 aromatic carbocycles. The van der Waals surface area contributed by atoms with Gasteiger partial charge in [-0.05, 0) is 18.2 Å². The van der Waals surface area contributed by atoms with Crippen molar-refractivity contribution in [1.82, 2.24) is 4.90 Å². The van der Waals surface area contributed by atoms with Gasteiger partial charge in [0.25, 0.3) is 5.91 Å². The summed E-state index contributed by atoms with van der Waals surface area (Å²) in [7, 11) is 3.22. The number of ether oxygens (including phenoxy) is 1. The molecule has 0 bridgehead atoms. The number of methoxy groups -OCH3 is 1. The number of fused-ring (bicyclic) bond motifs is 1. The maximum absolute atomic E-state index is 11.8. The molecule has 5 nitrogen and oxygen atoms in total. The summed E-state index contributed by atoms with van der Waals surface area (Å²) in [6.45, 7) is 0. The third-order valence-corrected chi connectivity index (χ3v) is 2.19. The zero-order chi connectivity index (χ0) is 10.8. The molecule has 1 N–H and O–H groups in total. The molecule has 0 radical (unpaired) electrons. The zero-order valence-corrected chi connectivity index (χ0v) is 8.52. The number of nitrogens with one attached hydrogen (secondary N) is 1. The lowest BCUT2D eigenvalue weighted by Gasteiger charge is -2.10. The Labute approximate surface area is 87.3 Å². The minimum Gasteiger partial charge on any atom is -0.497 e. The molecule has 1 amide bonds. The van der Waals surface area contributed by atoms with Gasteiger partial charge in [0.1, 0.15) is 12.1 Å². The maximum Gasteiger partial charge on any atom is 0.261 e. The van der Waals surface area contributed by atoms with Crippen LogP contribution in [0.5, 0.6) is 5.75 Å². The van der Waals surface area contributed by atoms with Crippen LogP contribution in [0.3, 0.4) is 0 Å². The third-order valence-electron chi connectivity index (χ3n) is 2.19. The van der Waals surface area contributed by atoms with E-state index < -0.39 is 0 Å². The Kier molecular flexibility index (Phi) is 2.29. The second kappa shape index (κ2) is 3.61. The van der Waals surface area contributed by atoms with Crippen molar-refractivity contribution in [2.75, 3.05) is 19.6 Å². The van der Waals surface area contributed by atoms with Crippen LogP contribution in [0, 0.1) is 0 Å². The van der Waals surface area contributed by atoms with E-state index in [0.29, 0.717) is 17.0 Å². The molecular formula is C10H11N3O2. The Morgan fingerprint density at radius 1 is 1.47 bits per heavy atom. The number of hydrogen-bond acceptors (Lipinski definition) is 4. The summed E-state index contributed by atoms with van der Waals surface area (Å²) < 4.78 is 5.07. The first-order valence-electron chi connectivity index (χ1n) is 4.47. The zero-order valence-electron chi connectivity index (χ0n) is 8.52. The Hall–Kier alpha value is -2.04. The number of amides is 1. The van der Waals surface area contributed by atoms with Crippen molar-refractivity contribution in [3.05, 3.63) is 23.8 Å². The van der Waals surface area contributed by atoms with Gasteiger partial charge in [-0.25, -0.2) is 0 Å². The van der Waals surface area contributed by atoms with Crippen LogP contribution in [-0.2, 0) is 0 Å². The summed E-state index contributed by atoms with van der Waals surface area (Å²) in [4.78, 5) is 13.3. The SMILES string of the molecule is COc1ccc2c(c1)C(=O)N(C)C=NN2. The minimum atomic E-state index is -0.113. The van der Waals surface area contributed by atoms with Crippen LogP contribution in [0.1, 0.15) is 10.4 Å². The molecule has 0 saturated heterocycles. The third kappa shape index (κ3) is 1.63. The highest BCUT2D eigenvalue weighted by atomic mass is 16.5. The van der Waals surface area contributed by atoms with Gasteiger partial charge < -0.3 is 9.64 Å². The predicted molar refractivity (Wildman–Crippen MR) is 57.2 cm³/mol. The number of anilines is 1. The highest BCUT2D eigenvalue weighted by Crippen LogP contribution is 2.24. The lowest BCUT2D eigenvalue weighted by molar-refractivity contribution is 0.0877. The first-order chi connectivity index (χ1) is 7.22. The van der Waals surface area contributed by atoms with Gasteiger partial charge in [-0.1, -0.05) is 0 Å². The molecule has 78 valence electrons. The smallest absolute Gasteiger partial charge is 0.261 e. The number of nitrogens with zero attached hydrogens (tertiary/aromatic N) is 2. The number of carbonyl (C=O) groups is 1. The number of benzene rings is 1. The lowest BCUT2D eigenvalue weighted by atomic mass is 10.1. The highest BCUT2D eigenvalue weighted by molar-refractivity contribution is 6.05. The standard InChI is InChI=1S/C10H11N3O2/c1-13-6-11-12-9-4-3-7(15-2)5-8(9)10(13)14/h3-6,12H,1-2H3. The molecule has 1 aromatic rings. The first-order valence-corrected chi connectivity index (χ1v) is 4.47. The molecule has 2 rings (SSSR count). The van der Waals surface area contributed by atoms with Crippen LogP contribution >= 0.6 is 0 Å². The molecule has 0 spiro atoms.